The van der Waals surface area contributed by atoms with Gasteiger partial charge < -0.3 is 10.6 Å². The first kappa shape index (κ1) is 12.8. The summed E-state index contributed by atoms with van der Waals surface area (Å²) in [4.78, 5) is 17.5. The Morgan fingerprint density at radius 2 is 2.20 bits per heavy atom. The molecule has 1 aliphatic rings. The van der Waals surface area contributed by atoms with Crippen LogP contribution in [0.1, 0.15) is 19.8 Å². The Labute approximate surface area is 115 Å². The van der Waals surface area contributed by atoms with Gasteiger partial charge >= 0.3 is 0 Å². The summed E-state index contributed by atoms with van der Waals surface area (Å²) in [6, 6.07) is 3.35. The largest absolute Gasteiger partial charge is 0.335 e. The van der Waals surface area contributed by atoms with E-state index in [2.05, 4.69) is 37.2 Å². The molecule has 8 nitrogen and oxygen atoms in total. The number of nitrogens with two attached hydrogens (primary N) is 1. The van der Waals surface area contributed by atoms with Gasteiger partial charge in [-0.2, -0.15) is 10.1 Å². The van der Waals surface area contributed by atoms with E-state index in [4.69, 9.17) is 5.73 Å². The molecule has 0 radical (unpaired) electrons. The SMILES string of the molecule is CC1C(N)CCCN1c1n[nH]c(-c2ccc(=O)[nH]n2)n1. The van der Waals surface area contributed by atoms with Crippen LogP contribution in [0, 0.1) is 0 Å². The smallest absolute Gasteiger partial charge is 0.264 e. The van der Waals surface area contributed by atoms with Crippen molar-refractivity contribution in [2.45, 2.75) is 31.8 Å². The Hall–Kier alpha value is -2.22. The normalized spacial score (nSPS) is 23.0. The maximum Gasteiger partial charge on any atom is 0.264 e. The maximum atomic E-state index is 11.0. The summed E-state index contributed by atoms with van der Waals surface area (Å²) in [6.45, 7) is 2.98. The van der Waals surface area contributed by atoms with Gasteiger partial charge in [-0.1, -0.05) is 0 Å². The van der Waals surface area contributed by atoms with Crippen LogP contribution in [0.3, 0.4) is 0 Å². The fraction of sp³-hybridized carbons (Fsp3) is 0.500. The summed E-state index contributed by atoms with van der Waals surface area (Å²) < 4.78 is 0. The van der Waals surface area contributed by atoms with Crippen LogP contribution in [-0.4, -0.2) is 44.0 Å². The van der Waals surface area contributed by atoms with E-state index in [1.165, 1.54) is 6.07 Å². The van der Waals surface area contributed by atoms with Gasteiger partial charge in [0.05, 0.1) is 0 Å². The molecule has 8 heteroatoms. The Morgan fingerprint density at radius 3 is 2.95 bits per heavy atom. The predicted molar refractivity (Wildman–Crippen MR) is 74.3 cm³/mol. The Balaban J connectivity index is 1.86. The molecule has 2 aromatic heterocycles. The van der Waals surface area contributed by atoms with E-state index in [-0.39, 0.29) is 17.6 Å². The van der Waals surface area contributed by atoms with Gasteiger partial charge in [0.15, 0.2) is 5.82 Å². The predicted octanol–water partition coefficient (Wildman–Crippen LogP) is -0.129. The second-order valence-corrected chi connectivity index (χ2v) is 5.03. The number of nitrogens with zero attached hydrogens (tertiary/aromatic N) is 4. The number of aromatic nitrogens is 5. The third-order valence-electron chi connectivity index (χ3n) is 3.70. The molecule has 2 atom stereocenters. The summed E-state index contributed by atoms with van der Waals surface area (Å²) in [7, 11) is 0. The van der Waals surface area contributed by atoms with E-state index in [9.17, 15) is 4.79 Å². The molecule has 0 bridgehead atoms. The van der Waals surface area contributed by atoms with Crippen LogP contribution in [0.5, 0.6) is 0 Å². The molecule has 2 aromatic rings. The van der Waals surface area contributed by atoms with Gasteiger partial charge in [0.1, 0.15) is 5.69 Å². The topological polar surface area (TPSA) is 117 Å². The molecule has 1 aliphatic heterocycles. The first-order valence-electron chi connectivity index (χ1n) is 6.66. The van der Waals surface area contributed by atoms with Crippen molar-refractivity contribution in [2.24, 2.45) is 5.73 Å². The highest BCUT2D eigenvalue weighted by atomic mass is 16.1. The number of piperidine rings is 1. The van der Waals surface area contributed by atoms with Crippen molar-refractivity contribution in [3.05, 3.63) is 22.5 Å². The second kappa shape index (κ2) is 5.04. The van der Waals surface area contributed by atoms with Gasteiger partial charge in [-0.25, -0.2) is 5.10 Å². The second-order valence-electron chi connectivity index (χ2n) is 5.03. The molecule has 1 saturated heterocycles. The van der Waals surface area contributed by atoms with Crippen molar-refractivity contribution in [2.75, 3.05) is 11.4 Å². The molecule has 4 N–H and O–H groups in total. The lowest BCUT2D eigenvalue weighted by Crippen LogP contribution is -2.50. The zero-order valence-corrected chi connectivity index (χ0v) is 11.2. The van der Waals surface area contributed by atoms with E-state index in [1.54, 1.807) is 6.07 Å². The van der Waals surface area contributed by atoms with Crippen molar-refractivity contribution < 1.29 is 0 Å². The number of hydrogen-bond donors (Lipinski definition) is 3. The lowest BCUT2D eigenvalue weighted by Gasteiger charge is -2.36. The zero-order chi connectivity index (χ0) is 14.1. The molecule has 0 aliphatic carbocycles. The first-order chi connectivity index (χ1) is 9.65. The Morgan fingerprint density at radius 1 is 1.35 bits per heavy atom. The van der Waals surface area contributed by atoms with Gasteiger partial charge in [-0.05, 0) is 25.8 Å². The van der Waals surface area contributed by atoms with E-state index in [0.29, 0.717) is 17.5 Å². The van der Waals surface area contributed by atoms with Gasteiger partial charge in [-0.3, -0.25) is 9.89 Å². The number of rotatable bonds is 2. The third kappa shape index (κ3) is 2.29. The fourth-order valence-electron chi connectivity index (χ4n) is 2.43. The average Bonchev–Trinajstić information content (AvgIpc) is 2.92. The van der Waals surface area contributed by atoms with Crippen molar-refractivity contribution in [3.8, 4) is 11.5 Å². The third-order valence-corrected chi connectivity index (χ3v) is 3.70. The molecular weight excluding hydrogens is 258 g/mol. The monoisotopic (exact) mass is 275 g/mol. The van der Waals surface area contributed by atoms with Crippen LogP contribution in [-0.2, 0) is 0 Å². The van der Waals surface area contributed by atoms with Crippen LogP contribution >= 0.6 is 0 Å². The van der Waals surface area contributed by atoms with Crippen LogP contribution in [0.4, 0.5) is 5.95 Å². The van der Waals surface area contributed by atoms with Gasteiger partial charge in [0, 0.05) is 24.7 Å². The first-order valence-corrected chi connectivity index (χ1v) is 6.66. The van der Waals surface area contributed by atoms with Crippen LogP contribution < -0.4 is 16.2 Å². The van der Waals surface area contributed by atoms with Gasteiger partial charge in [0.2, 0.25) is 5.95 Å². The number of hydrogen-bond acceptors (Lipinski definition) is 6. The molecule has 0 saturated carbocycles. The minimum Gasteiger partial charge on any atom is -0.335 e. The van der Waals surface area contributed by atoms with E-state index in [1.807, 2.05) is 0 Å². The average molecular weight is 275 g/mol. The standard InChI is InChI=1S/C12H17N7O/c1-7-8(13)3-2-6-19(7)12-14-11(17-18-12)9-4-5-10(20)16-15-9/h4-5,7-8H,2-3,6,13H2,1H3,(H,16,20)(H,14,17,18). The highest BCUT2D eigenvalue weighted by Crippen LogP contribution is 2.22. The van der Waals surface area contributed by atoms with Crippen LogP contribution in [0.15, 0.2) is 16.9 Å². The number of nitrogens with one attached hydrogen (secondary N) is 2. The highest BCUT2D eigenvalue weighted by molar-refractivity contribution is 5.50. The molecule has 20 heavy (non-hydrogen) atoms. The minimum absolute atomic E-state index is 0.136. The van der Waals surface area contributed by atoms with Crippen molar-refractivity contribution in [1.82, 2.24) is 25.4 Å². The number of H-pyrrole nitrogens is 2. The van der Waals surface area contributed by atoms with Crippen molar-refractivity contribution in [3.63, 3.8) is 0 Å². The summed E-state index contributed by atoms with van der Waals surface area (Å²) in [5.74, 6) is 1.15. The van der Waals surface area contributed by atoms with Gasteiger partial charge in [-0.15, -0.1) is 5.10 Å². The Kier molecular flexibility index (Phi) is 3.23. The molecule has 3 heterocycles. The van der Waals surface area contributed by atoms with E-state index in [0.717, 1.165) is 19.4 Å². The highest BCUT2D eigenvalue weighted by Gasteiger charge is 2.27. The molecular formula is C12H17N7O. The molecule has 3 rings (SSSR count). The molecule has 0 spiro atoms. The van der Waals surface area contributed by atoms with E-state index < -0.39 is 0 Å². The molecule has 1 fully saturated rings. The van der Waals surface area contributed by atoms with Crippen molar-refractivity contribution in [1.29, 1.82) is 0 Å². The summed E-state index contributed by atoms with van der Waals surface area (Å²) in [5.41, 5.74) is 6.39. The molecule has 106 valence electrons. The van der Waals surface area contributed by atoms with Crippen LogP contribution in [0.2, 0.25) is 0 Å². The lowest BCUT2D eigenvalue weighted by molar-refractivity contribution is 0.416. The number of aromatic amines is 2. The summed E-state index contributed by atoms with van der Waals surface area (Å²) in [5, 5.41) is 13.4. The zero-order valence-electron chi connectivity index (χ0n) is 11.2. The lowest BCUT2D eigenvalue weighted by atomic mass is 9.99. The quantitative estimate of drug-likeness (QED) is 0.703. The molecule has 0 amide bonds. The Bertz CT molecular complexity index is 629. The van der Waals surface area contributed by atoms with E-state index >= 15 is 0 Å². The summed E-state index contributed by atoms with van der Waals surface area (Å²) in [6.07, 6.45) is 2.06. The van der Waals surface area contributed by atoms with Gasteiger partial charge in [0.25, 0.3) is 5.56 Å². The van der Waals surface area contributed by atoms with Crippen LogP contribution in [0.25, 0.3) is 11.5 Å². The maximum absolute atomic E-state index is 11.0. The molecule has 0 aromatic carbocycles. The number of anilines is 1. The fourth-order valence-corrected chi connectivity index (χ4v) is 2.43. The summed E-state index contributed by atoms with van der Waals surface area (Å²) >= 11 is 0. The molecule has 2 unspecified atom stereocenters. The van der Waals surface area contributed by atoms with Crippen molar-refractivity contribution >= 4 is 5.95 Å². The minimum atomic E-state index is -0.246.